The molecule has 0 saturated heterocycles. The van der Waals surface area contributed by atoms with Gasteiger partial charge in [-0.3, -0.25) is 4.79 Å². The third-order valence-corrected chi connectivity index (χ3v) is 7.16. The van der Waals surface area contributed by atoms with E-state index in [1.54, 1.807) is 31.6 Å². The molecule has 0 spiro atoms. The summed E-state index contributed by atoms with van der Waals surface area (Å²) in [6, 6.07) is 19.9. The zero-order valence-electron chi connectivity index (χ0n) is 19.3. The number of halogens is 1. The predicted molar refractivity (Wildman–Crippen MR) is 135 cm³/mol. The second-order valence-electron chi connectivity index (χ2n) is 8.25. The fourth-order valence-electron chi connectivity index (χ4n) is 4.30. The van der Waals surface area contributed by atoms with Gasteiger partial charge in [0.15, 0.2) is 11.5 Å². The van der Waals surface area contributed by atoms with Crippen LogP contribution in [0.2, 0.25) is 0 Å². The van der Waals surface area contributed by atoms with Crippen LogP contribution in [0.15, 0.2) is 72.1 Å². The number of amides is 1. The smallest absolute Gasteiger partial charge is 0.225 e. The van der Waals surface area contributed by atoms with E-state index in [1.165, 1.54) is 12.1 Å². The molecule has 1 aromatic heterocycles. The molecule has 0 fully saturated rings. The van der Waals surface area contributed by atoms with Crippen molar-refractivity contribution in [3.8, 4) is 28.4 Å². The average Bonchev–Trinajstić information content (AvgIpc) is 3.30. The summed E-state index contributed by atoms with van der Waals surface area (Å²) < 4.78 is 30.0. The number of hydrogen-bond acceptors (Lipinski definition) is 5. The van der Waals surface area contributed by atoms with Crippen molar-refractivity contribution in [2.24, 2.45) is 0 Å². The van der Waals surface area contributed by atoms with E-state index < -0.39 is 0 Å². The van der Waals surface area contributed by atoms with Crippen molar-refractivity contribution in [2.75, 3.05) is 19.5 Å². The highest BCUT2D eigenvalue weighted by atomic mass is 32.1. The number of ether oxygens (including phenoxy) is 3. The van der Waals surface area contributed by atoms with Gasteiger partial charge < -0.3 is 19.5 Å². The predicted octanol–water partition coefficient (Wildman–Crippen LogP) is 6.62. The summed E-state index contributed by atoms with van der Waals surface area (Å²) in [6.45, 7) is 0.284. The van der Waals surface area contributed by atoms with E-state index in [9.17, 15) is 9.18 Å². The zero-order valence-corrected chi connectivity index (χ0v) is 20.2. The first-order valence-electron chi connectivity index (χ1n) is 11.2. The lowest BCUT2D eigenvalue weighted by Gasteiger charge is -2.24. The van der Waals surface area contributed by atoms with E-state index in [-0.39, 0.29) is 24.2 Å². The van der Waals surface area contributed by atoms with Crippen molar-refractivity contribution in [3.63, 3.8) is 0 Å². The van der Waals surface area contributed by atoms with Gasteiger partial charge in [0.25, 0.3) is 0 Å². The van der Waals surface area contributed by atoms with Crippen molar-refractivity contribution >= 4 is 22.9 Å². The first kappa shape index (κ1) is 22.9. The third-order valence-electron chi connectivity index (χ3n) is 6.06. The molecule has 1 amide bonds. The van der Waals surface area contributed by atoms with Gasteiger partial charge in [0.2, 0.25) is 5.91 Å². The Morgan fingerprint density at radius 1 is 1.00 bits per heavy atom. The molecule has 4 aromatic rings. The lowest BCUT2D eigenvalue weighted by Crippen LogP contribution is -2.22. The molecule has 0 radical (unpaired) electrons. The fraction of sp³-hybridized carbons (Fsp3) is 0.179. The van der Waals surface area contributed by atoms with Gasteiger partial charge in [0.1, 0.15) is 18.2 Å². The van der Waals surface area contributed by atoms with Crippen LogP contribution in [-0.4, -0.2) is 20.1 Å². The Morgan fingerprint density at radius 3 is 2.54 bits per heavy atom. The maximum Gasteiger partial charge on any atom is 0.225 e. The molecule has 0 saturated carbocycles. The molecule has 5 rings (SSSR count). The molecule has 3 aromatic carbocycles. The standard InChI is InChI=1S/C28H24FNO4S/c1-32-24-11-8-19(13-25(24)33-2)23-16-35-28-22(14-26(31)30-27(23)28)18-6-9-21(10-7-18)34-15-17-4-3-5-20(29)12-17/h3-13,16,22H,14-15H2,1-2H3,(H,30,31). The van der Waals surface area contributed by atoms with Gasteiger partial charge in [-0.2, -0.15) is 0 Å². The number of anilines is 1. The van der Waals surface area contributed by atoms with Gasteiger partial charge in [-0.1, -0.05) is 30.3 Å². The van der Waals surface area contributed by atoms with Crippen LogP contribution in [-0.2, 0) is 11.4 Å². The molecule has 5 nitrogen and oxygen atoms in total. The normalized spacial score (nSPS) is 14.7. The van der Waals surface area contributed by atoms with Gasteiger partial charge in [-0.25, -0.2) is 4.39 Å². The van der Waals surface area contributed by atoms with Crippen molar-refractivity contribution in [1.29, 1.82) is 0 Å². The monoisotopic (exact) mass is 489 g/mol. The van der Waals surface area contributed by atoms with Crippen LogP contribution >= 0.6 is 11.3 Å². The molecular weight excluding hydrogens is 465 g/mol. The second-order valence-corrected chi connectivity index (χ2v) is 9.16. The van der Waals surface area contributed by atoms with Crippen LogP contribution in [0, 0.1) is 5.82 Å². The minimum Gasteiger partial charge on any atom is -0.493 e. The molecule has 7 heteroatoms. The zero-order chi connectivity index (χ0) is 24.4. The first-order chi connectivity index (χ1) is 17.1. The van der Waals surface area contributed by atoms with Crippen LogP contribution in [0.25, 0.3) is 11.1 Å². The van der Waals surface area contributed by atoms with Crippen LogP contribution in [0.3, 0.4) is 0 Å². The Balaban J connectivity index is 1.39. The van der Waals surface area contributed by atoms with Gasteiger partial charge >= 0.3 is 0 Å². The fourth-order valence-corrected chi connectivity index (χ4v) is 5.46. The summed E-state index contributed by atoms with van der Waals surface area (Å²) in [4.78, 5) is 13.8. The lowest BCUT2D eigenvalue weighted by molar-refractivity contribution is -0.116. The number of hydrogen-bond donors (Lipinski definition) is 1. The highest BCUT2D eigenvalue weighted by Crippen LogP contribution is 2.47. The number of methoxy groups -OCH3 is 2. The second kappa shape index (κ2) is 9.80. The van der Waals surface area contributed by atoms with Crippen molar-refractivity contribution in [2.45, 2.75) is 18.9 Å². The molecular formula is C28H24FNO4S. The molecule has 35 heavy (non-hydrogen) atoms. The summed E-state index contributed by atoms with van der Waals surface area (Å²) in [6.07, 6.45) is 0.377. The van der Waals surface area contributed by atoms with E-state index in [0.717, 1.165) is 32.8 Å². The van der Waals surface area contributed by atoms with Crippen molar-refractivity contribution < 1.29 is 23.4 Å². The Labute approximate surface area is 207 Å². The Bertz CT molecular complexity index is 1370. The largest absolute Gasteiger partial charge is 0.493 e. The number of fused-ring (bicyclic) bond motifs is 1. The number of nitrogens with one attached hydrogen (secondary N) is 1. The van der Waals surface area contributed by atoms with E-state index >= 15 is 0 Å². The summed E-state index contributed by atoms with van der Waals surface area (Å²) >= 11 is 1.63. The highest BCUT2D eigenvalue weighted by Gasteiger charge is 2.30. The first-order valence-corrected chi connectivity index (χ1v) is 12.0. The molecule has 1 aliphatic rings. The van der Waals surface area contributed by atoms with Crippen LogP contribution in [0.1, 0.15) is 28.3 Å². The summed E-state index contributed by atoms with van der Waals surface area (Å²) in [5.41, 5.74) is 4.56. The van der Waals surface area contributed by atoms with Gasteiger partial charge in [0, 0.05) is 28.2 Å². The summed E-state index contributed by atoms with van der Waals surface area (Å²) in [5, 5.41) is 5.14. The molecule has 178 valence electrons. The Hall–Kier alpha value is -3.84. The minimum atomic E-state index is -0.281. The highest BCUT2D eigenvalue weighted by molar-refractivity contribution is 7.11. The summed E-state index contributed by atoms with van der Waals surface area (Å²) in [7, 11) is 3.21. The van der Waals surface area contributed by atoms with Gasteiger partial charge in [-0.15, -0.1) is 11.3 Å². The molecule has 2 heterocycles. The number of carbonyl (C=O) groups excluding carboxylic acids is 1. The average molecular weight is 490 g/mol. The third kappa shape index (κ3) is 4.72. The maximum atomic E-state index is 13.4. The number of benzene rings is 3. The minimum absolute atomic E-state index is 0.0194. The van der Waals surface area contributed by atoms with Crippen molar-refractivity contribution in [1.82, 2.24) is 0 Å². The van der Waals surface area contributed by atoms with E-state index in [4.69, 9.17) is 14.2 Å². The van der Waals surface area contributed by atoms with E-state index in [2.05, 4.69) is 10.7 Å². The number of thiophene rings is 1. The molecule has 0 aliphatic carbocycles. The maximum absolute atomic E-state index is 13.4. The topological polar surface area (TPSA) is 56.8 Å². The molecule has 0 bridgehead atoms. The van der Waals surface area contributed by atoms with Crippen molar-refractivity contribution in [3.05, 3.63) is 93.9 Å². The molecule has 1 unspecified atom stereocenters. The lowest BCUT2D eigenvalue weighted by atomic mass is 9.89. The van der Waals surface area contributed by atoms with E-state index in [1.807, 2.05) is 48.5 Å². The SMILES string of the molecule is COc1ccc(-c2csc3c2NC(=O)CC3c2ccc(OCc3cccc(F)c3)cc2)cc1OC. The van der Waals surface area contributed by atoms with E-state index in [0.29, 0.717) is 23.7 Å². The number of rotatable bonds is 7. The van der Waals surface area contributed by atoms with Crippen LogP contribution in [0.5, 0.6) is 17.2 Å². The quantitative estimate of drug-likeness (QED) is 0.317. The van der Waals surface area contributed by atoms with Crippen LogP contribution < -0.4 is 19.5 Å². The summed E-state index contributed by atoms with van der Waals surface area (Å²) in [5.74, 6) is 1.63. The van der Waals surface area contributed by atoms with Gasteiger partial charge in [0.05, 0.1) is 19.9 Å². The molecule has 1 atom stereocenters. The molecule has 1 aliphatic heterocycles. The van der Waals surface area contributed by atoms with Gasteiger partial charge in [-0.05, 0) is 53.1 Å². The number of carbonyl (C=O) groups is 1. The molecule has 1 N–H and O–H groups in total. The van der Waals surface area contributed by atoms with Crippen LogP contribution in [0.4, 0.5) is 10.1 Å². The Kier molecular flexibility index (Phi) is 6.42. The Morgan fingerprint density at radius 2 is 1.80 bits per heavy atom.